The Kier molecular flexibility index (Phi) is 5.72. The number of nitro groups is 1. The molecule has 1 fully saturated rings. The second kappa shape index (κ2) is 8.59. The van der Waals surface area contributed by atoms with E-state index in [1.54, 1.807) is 30.3 Å². The second-order valence-electron chi connectivity index (χ2n) is 7.11. The molecule has 0 radical (unpaired) electrons. The Hall–Kier alpha value is -3.32. The third-order valence-electron chi connectivity index (χ3n) is 5.09. The summed E-state index contributed by atoms with van der Waals surface area (Å²) in [4.78, 5) is 25.6. The van der Waals surface area contributed by atoms with Gasteiger partial charge in [0.05, 0.1) is 11.5 Å². The molecule has 0 bridgehead atoms. The lowest BCUT2D eigenvalue weighted by molar-refractivity contribution is -0.384. The minimum Gasteiger partial charge on any atom is -0.459 e. The van der Waals surface area contributed by atoms with Gasteiger partial charge in [0.25, 0.3) is 11.6 Å². The Labute approximate surface area is 178 Å². The van der Waals surface area contributed by atoms with E-state index in [9.17, 15) is 14.9 Å². The first-order valence-electron chi connectivity index (χ1n) is 9.67. The molecule has 4 rings (SSSR count). The molecule has 1 saturated heterocycles. The topological polar surface area (TPSA) is 88.6 Å². The van der Waals surface area contributed by atoms with Crippen molar-refractivity contribution in [3.8, 4) is 11.3 Å². The molecule has 154 valence electrons. The predicted molar refractivity (Wildman–Crippen MR) is 115 cm³/mol. The van der Waals surface area contributed by atoms with Gasteiger partial charge >= 0.3 is 0 Å². The number of nitrogens with zero attached hydrogens (tertiary/aromatic N) is 2. The minimum atomic E-state index is -0.435. The zero-order valence-corrected chi connectivity index (χ0v) is 16.9. The highest BCUT2D eigenvalue weighted by molar-refractivity contribution is 6.30. The maximum atomic E-state index is 12.5. The fourth-order valence-corrected chi connectivity index (χ4v) is 3.67. The second-order valence-corrected chi connectivity index (χ2v) is 7.55. The van der Waals surface area contributed by atoms with E-state index in [1.807, 2.05) is 23.1 Å². The molecule has 1 N–H and O–H groups in total. The standard InChI is InChI=1S/C22H20ClN3O4/c23-17-6-3-15(4-7-17)21-10-8-18(30-21)14-24-22(27)16-5-9-19(20(13-16)26(28)29)25-11-1-2-12-25/h3-10,13H,1-2,11-12,14H2,(H,24,27). The van der Waals surface area contributed by atoms with Crippen LogP contribution >= 0.6 is 11.6 Å². The van der Waals surface area contributed by atoms with Crippen LogP contribution in [0.25, 0.3) is 11.3 Å². The van der Waals surface area contributed by atoms with Gasteiger partial charge in [-0.25, -0.2) is 0 Å². The van der Waals surface area contributed by atoms with Gasteiger partial charge in [-0.2, -0.15) is 0 Å². The van der Waals surface area contributed by atoms with Crippen LogP contribution in [-0.2, 0) is 6.54 Å². The van der Waals surface area contributed by atoms with Crippen LogP contribution in [0.3, 0.4) is 0 Å². The van der Waals surface area contributed by atoms with E-state index >= 15 is 0 Å². The van der Waals surface area contributed by atoms with Gasteiger partial charge in [0, 0.05) is 35.3 Å². The quantitative estimate of drug-likeness (QED) is 0.441. The number of nitro benzene ring substituents is 1. The SMILES string of the molecule is O=C(NCc1ccc(-c2ccc(Cl)cc2)o1)c1ccc(N2CCCC2)c([N+](=O)[O-])c1. The first-order chi connectivity index (χ1) is 14.5. The van der Waals surface area contributed by atoms with Crippen LogP contribution in [0.4, 0.5) is 11.4 Å². The summed E-state index contributed by atoms with van der Waals surface area (Å²) >= 11 is 5.90. The normalized spacial score (nSPS) is 13.4. The summed E-state index contributed by atoms with van der Waals surface area (Å²) in [6.07, 6.45) is 2.03. The molecular formula is C22H20ClN3O4. The molecule has 1 aromatic heterocycles. The highest BCUT2D eigenvalue weighted by Gasteiger charge is 2.23. The summed E-state index contributed by atoms with van der Waals surface area (Å²) < 4.78 is 5.77. The van der Waals surface area contributed by atoms with Crippen LogP contribution in [0.5, 0.6) is 0 Å². The summed E-state index contributed by atoms with van der Waals surface area (Å²) in [6, 6.07) is 15.5. The van der Waals surface area contributed by atoms with E-state index in [0.717, 1.165) is 31.5 Å². The molecule has 1 aliphatic rings. The van der Waals surface area contributed by atoms with Crippen LogP contribution in [0.2, 0.25) is 5.02 Å². The first kappa shape index (κ1) is 20.0. The molecule has 0 unspecified atom stereocenters. The molecule has 0 spiro atoms. The van der Waals surface area contributed by atoms with Crippen molar-refractivity contribution < 1.29 is 14.1 Å². The van der Waals surface area contributed by atoms with E-state index < -0.39 is 10.8 Å². The molecule has 1 amide bonds. The first-order valence-corrected chi connectivity index (χ1v) is 10.1. The van der Waals surface area contributed by atoms with E-state index in [1.165, 1.54) is 6.07 Å². The minimum absolute atomic E-state index is 0.0485. The van der Waals surface area contributed by atoms with E-state index in [4.69, 9.17) is 16.0 Å². The van der Waals surface area contributed by atoms with Crippen molar-refractivity contribution in [2.24, 2.45) is 0 Å². The number of anilines is 1. The van der Waals surface area contributed by atoms with Gasteiger partial charge in [-0.1, -0.05) is 11.6 Å². The monoisotopic (exact) mass is 425 g/mol. The molecule has 0 atom stereocenters. The highest BCUT2D eigenvalue weighted by atomic mass is 35.5. The maximum absolute atomic E-state index is 12.5. The summed E-state index contributed by atoms with van der Waals surface area (Å²) in [5, 5.41) is 14.9. The third-order valence-corrected chi connectivity index (χ3v) is 5.35. The predicted octanol–water partition coefficient (Wildman–Crippen LogP) is 5.04. The summed E-state index contributed by atoms with van der Waals surface area (Å²) in [5.74, 6) is 0.855. The third kappa shape index (κ3) is 4.31. The van der Waals surface area contributed by atoms with Gasteiger partial charge in [-0.15, -0.1) is 0 Å². The number of halogens is 1. The average molecular weight is 426 g/mol. The molecule has 8 heteroatoms. The lowest BCUT2D eigenvalue weighted by atomic mass is 10.1. The number of carbonyl (C=O) groups excluding carboxylic acids is 1. The number of hydrogen-bond donors (Lipinski definition) is 1. The molecule has 3 aromatic rings. The van der Waals surface area contributed by atoms with Crippen molar-refractivity contribution in [3.05, 3.63) is 81.1 Å². The summed E-state index contributed by atoms with van der Waals surface area (Å²) in [5.41, 5.74) is 1.64. The molecular weight excluding hydrogens is 406 g/mol. The van der Waals surface area contributed by atoms with Crippen LogP contribution in [0, 0.1) is 10.1 Å². The molecule has 1 aliphatic heterocycles. The number of rotatable bonds is 6. The Morgan fingerprint density at radius 3 is 2.53 bits per heavy atom. The molecule has 30 heavy (non-hydrogen) atoms. The fraction of sp³-hybridized carbons (Fsp3) is 0.227. The Morgan fingerprint density at radius 2 is 1.83 bits per heavy atom. The summed E-state index contributed by atoms with van der Waals surface area (Å²) in [6.45, 7) is 1.76. The van der Waals surface area contributed by atoms with Crippen molar-refractivity contribution in [1.82, 2.24) is 5.32 Å². The van der Waals surface area contributed by atoms with Crippen molar-refractivity contribution in [1.29, 1.82) is 0 Å². The molecule has 0 aliphatic carbocycles. The molecule has 2 heterocycles. The van der Waals surface area contributed by atoms with Gasteiger partial charge in [-0.05, 0) is 61.4 Å². The lowest BCUT2D eigenvalue weighted by Gasteiger charge is -2.17. The van der Waals surface area contributed by atoms with Crippen molar-refractivity contribution >= 4 is 28.9 Å². The Morgan fingerprint density at radius 1 is 1.10 bits per heavy atom. The Bertz CT molecular complexity index is 1070. The van der Waals surface area contributed by atoms with Crippen LogP contribution in [0.15, 0.2) is 59.0 Å². The molecule has 2 aromatic carbocycles. The number of nitrogens with one attached hydrogen (secondary N) is 1. The smallest absolute Gasteiger partial charge is 0.293 e. The van der Waals surface area contributed by atoms with Gasteiger partial charge in [-0.3, -0.25) is 14.9 Å². The zero-order chi connectivity index (χ0) is 21.1. The van der Waals surface area contributed by atoms with E-state index in [-0.39, 0.29) is 17.8 Å². The zero-order valence-electron chi connectivity index (χ0n) is 16.1. The summed E-state index contributed by atoms with van der Waals surface area (Å²) in [7, 11) is 0. The van der Waals surface area contributed by atoms with Gasteiger partial charge in [0.15, 0.2) is 0 Å². The number of amides is 1. The van der Waals surface area contributed by atoms with Gasteiger partial charge < -0.3 is 14.6 Å². The van der Waals surface area contributed by atoms with Crippen molar-refractivity contribution in [3.63, 3.8) is 0 Å². The largest absolute Gasteiger partial charge is 0.459 e. The van der Waals surface area contributed by atoms with Crippen LogP contribution < -0.4 is 10.2 Å². The lowest BCUT2D eigenvalue weighted by Crippen LogP contribution is -2.23. The number of hydrogen-bond acceptors (Lipinski definition) is 5. The maximum Gasteiger partial charge on any atom is 0.293 e. The van der Waals surface area contributed by atoms with E-state index in [2.05, 4.69) is 5.32 Å². The van der Waals surface area contributed by atoms with Crippen LogP contribution in [-0.4, -0.2) is 23.9 Å². The Balaban J connectivity index is 1.44. The molecule has 0 saturated carbocycles. The van der Waals surface area contributed by atoms with Gasteiger partial charge in [0.1, 0.15) is 17.2 Å². The van der Waals surface area contributed by atoms with E-state index in [0.29, 0.717) is 22.2 Å². The average Bonchev–Trinajstić information content (AvgIpc) is 3.44. The number of furan rings is 1. The van der Waals surface area contributed by atoms with Crippen LogP contribution in [0.1, 0.15) is 29.0 Å². The number of carbonyl (C=O) groups is 1. The molecule has 7 nitrogen and oxygen atoms in total. The van der Waals surface area contributed by atoms with Gasteiger partial charge in [0.2, 0.25) is 0 Å². The fourth-order valence-electron chi connectivity index (χ4n) is 3.55. The number of benzene rings is 2. The highest BCUT2D eigenvalue weighted by Crippen LogP contribution is 2.31. The van der Waals surface area contributed by atoms with Crippen molar-refractivity contribution in [2.45, 2.75) is 19.4 Å². The van der Waals surface area contributed by atoms with Crippen molar-refractivity contribution in [2.75, 3.05) is 18.0 Å².